The van der Waals surface area contributed by atoms with Gasteiger partial charge in [-0.2, -0.15) is 0 Å². The molecule has 0 aromatic rings. The van der Waals surface area contributed by atoms with E-state index in [9.17, 15) is 0 Å². The second kappa shape index (κ2) is 7.43. The van der Waals surface area contributed by atoms with Crippen LogP contribution in [0.3, 0.4) is 0 Å². The molecule has 0 spiro atoms. The molecule has 2 fully saturated rings. The number of nitrogens with one attached hydrogen (secondary N) is 1. The zero-order valence-corrected chi connectivity index (χ0v) is 14.7. The van der Waals surface area contributed by atoms with Gasteiger partial charge in [0.2, 0.25) is 0 Å². The van der Waals surface area contributed by atoms with Crippen molar-refractivity contribution in [3.05, 3.63) is 0 Å². The van der Waals surface area contributed by atoms with E-state index in [2.05, 4.69) is 37.9 Å². The van der Waals surface area contributed by atoms with Crippen LogP contribution in [0.1, 0.15) is 59.8 Å². The van der Waals surface area contributed by atoms with Crippen molar-refractivity contribution in [3.8, 4) is 0 Å². The highest BCUT2D eigenvalue weighted by atomic mass is 16.5. The number of nitrogens with zero attached hydrogens (tertiary/aromatic N) is 1. The summed E-state index contributed by atoms with van der Waals surface area (Å²) in [7, 11) is 0. The minimum Gasteiger partial charge on any atom is -0.381 e. The van der Waals surface area contributed by atoms with Crippen LogP contribution in [-0.2, 0) is 4.74 Å². The highest BCUT2D eigenvalue weighted by Gasteiger charge is 2.40. The number of likely N-dealkylation sites (tertiary alicyclic amines) is 1. The molecule has 0 saturated carbocycles. The molecule has 0 radical (unpaired) electrons. The predicted octanol–water partition coefficient (Wildman–Crippen LogP) is 3.29. The van der Waals surface area contributed by atoms with Crippen molar-refractivity contribution in [3.63, 3.8) is 0 Å². The van der Waals surface area contributed by atoms with E-state index in [1.54, 1.807) is 0 Å². The first-order chi connectivity index (χ1) is 10.0. The fourth-order valence-corrected chi connectivity index (χ4v) is 4.08. The predicted molar refractivity (Wildman–Crippen MR) is 89.7 cm³/mol. The Labute approximate surface area is 131 Å². The molecule has 2 aliphatic rings. The quantitative estimate of drug-likeness (QED) is 0.780. The number of ether oxygens (including phenoxy) is 1. The van der Waals surface area contributed by atoms with Gasteiger partial charge in [-0.3, -0.25) is 0 Å². The van der Waals surface area contributed by atoms with E-state index in [1.165, 1.54) is 51.7 Å². The first-order valence-corrected chi connectivity index (χ1v) is 9.07. The van der Waals surface area contributed by atoms with E-state index in [0.29, 0.717) is 16.9 Å². The van der Waals surface area contributed by atoms with Gasteiger partial charge in [0, 0.05) is 38.9 Å². The normalized spacial score (nSPS) is 25.6. The second-order valence-corrected chi connectivity index (χ2v) is 7.82. The summed E-state index contributed by atoms with van der Waals surface area (Å²) in [6.45, 7) is 16.2. The maximum Gasteiger partial charge on any atom is 0.0472 e. The topological polar surface area (TPSA) is 24.5 Å². The lowest BCUT2D eigenvalue weighted by Crippen LogP contribution is -2.48. The molecule has 0 aliphatic carbocycles. The van der Waals surface area contributed by atoms with Crippen molar-refractivity contribution in [2.75, 3.05) is 39.4 Å². The van der Waals surface area contributed by atoms with E-state index in [0.717, 1.165) is 19.8 Å². The Balaban J connectivity index is 1.96. The summed E-state index contributed by atoms with van der Waals surface area (Å²) >= 11 is 0. The molecule has 0 aromatic carbocycles. The minimum absolute atomic E-state index is 0.431. The molecule has 3 nitrogen and oxygen atoms in total. The maximum absolute atomic E-state index is 5.63. The van der Waals surface area contributed by atoms with Gasteiger partial charge in [0.05, 0.1) is 0 Å². The summed E-state index contributed by atoms with van der Waals surface area (Å²) < 4.78 is 5.63. The molecule has 3 heteroatoms. The summed E-state index contributed by atoms with van der Waals surface area (Å²) in [6, 6.07) is 0.577. The van der Waals surface area contributed by atoms with E-state index in [-0.39, 0.29) is 0 Å². The van der Waals surface area contributed by atoms with Crippen LogP contribution in [0, 0.1) is 10.8 Å². The molecule has 2 saturated heterocycles. The van der Waals surface area contributed by atoms with Crippen molar-refractivity contribution in [2.24, 2.45) is 10.8 Å². The molecule has 1 N–H and O–H groups in total. The average Bonchev–Trinajstić information content (AvgIpc) is 2.90. The van der Waals surface area contributed by atoms with Gasteiger partial charge < -0.3 is 15.0 Å². The van der Waals surface area contributed by atoms with Crippen molar-refractivity contribution in [2.45, 2.75) is 65.8 Å². The lowest BCUT2D eigenvalue weighted by molar-refractivity contribution is -0.00348. The zero-order chi connectivity index (χ0) is 15.3. The lowest BCUT2D eigenvalue weighted by atomic mass is 9.79. The Hall–Kier alpha value is -0.120. The smallest absolute Gasteiger partial charge is 0.0472 e. The molecule has 0 unspecified atom stereocenters. The van der Waals surface area contributed by atoms with E-state index in [1.807, 2.05) is 0 Å². The van der Waals surface area contributed by atoms with Gasteiger partial charge in [-0.15, -0.1) is 0 Å². The highest BCUT2D eigenvalue weighted by molar-refractivity contribution is 4.93. The van der Waals surface area contributed by atoms with Crippen LogP contribution < -0.4 is 5.32 Å². The monoisotopic (exact) mass is 296 g/mol. The van der Waals surface area contributed by atoms with Gasteiger partial charge in [0.25, 0.3) is 0 Å². The molecule has 0 atom stereocenters. The Bertz CT molecular complexity index is 306. The van der Waals surface area contributed by atoms with Crippen LogP contribution in [-0.4, -0.2) is 50.3 Å². The van der Waals surface area contributed by atoms with Gasteiger partial charge in [-0.25, -0.2) is 0 Å². The fourth-order valence-electron chi connectivity index (χ4n) is 4.08. The molecular formula is C18H36N2O. The molecule has 124 valence electrons. The molecule has 2 rings (SSSR count). The Morgan fingerprint density at radius 3 is 2.24 bits per heavy atom. The average molecular weight is 296 g/mol. The zero-order valence-electron chi connectivity index (χ0n) is 14.7. The minimum atomic E-state index is 0.431. The third-order valence-electron chi connectivity index (χ3n) is 6.02. The number of rotatable bonds is 7. The van der Waals surface area contributed by atoms with Crippen molar-refractivity contribution in [1.82, 2.24) is 10.2 Å². The highest BCUT2D eigenvalue weighted by Crippen LogP contribution is 2.40. The molecule has 2 aliphatic heterocycles. The van der Waals surface area contributed by atoms with Crippen molar-refractivity contribution >= 4 is 0 Å². The molecular weight excluding hydrogens is 260 g/mol. The maximum atomic E-state index is 5.63. The molecule has 0 amide bonds. The molecule has 0 aromatic heterocycles. The first kappa shape index (κ1) is 17.2. The summed E-state index contributed by atoms with van der Waals surface area (Å²) in [6.07, 6.45) is 6.49. The van der Waals surface area contributed by atoms with Gasteiger partial charge in [-0.1, -0.05) is 27.7 Å². The van der Waals surface area contributed by atoms with Gasteiger partial charge in [0.1, 0.15) is 0 Å². The van der Waals surface area contributed by atoms with Crippen molar-refractivity contribution in [1.29, 1.82) is 0 Å². The standard InChI is InChI=1S/C18H36N2O/c1-5-17(6-2)7-10-20(14-17)15-18(13-19-16(3)4)8-11-21-12-9-18/h16,19H,5-15H2,1-4H3. The number of hydrogen-bond acceptors (Lipinski definition) is 3. The van der Waals surface area contributed by atoms with Crippen molar-refractivity contribution < 1.29 is 4.74 Å². The fraction of sp³-hybridized carbons (Fsp3) is 1.00. The molecule has 2 heterocycles. The van der Waals surface area contributed by atoms with E-state index >= 15 is 0 Å². The summed E-state index contributed by atoms with van der Waals surface area (Å²) in [4.78, 5) is 2.75. The molecule has 21 heavy (non-hydrogen) atoms. The second-order valence-electron chi connectivity index (χ2n) is 7.82. The summed E-state index contributed by atoms with van der Waals surface area (Å²) in [5.74, 6) is 0. The Kier molecular flexibility index (Phi) is 6.10. The van der Waals surface area contributed by atoms with Crippen LogP contribution in [0.15, 0.2) is 0 Å². The Morgan fingerprint density at radius 2 is 1.71 bits per heavy atom. The van der Waals surface area contributed by atoms with Gasteiger partial charge >= 0.3 is 0 Å². The molecule has 0 bridgehead atoms. The third-order valence-corrected chi connectivity index (χ3v) is 6.02. The summed E-state index contributed by atoms with van der Waals surface area (Å²) in [5.41, 5.74) is 1.03. The Morgan fingerprint density at radius 1 is 1.05 bits per heavy atom. The lowest BCUT2D eigenvalue weighted by Gasteiger charge is -2.41. The summed E-state index contributed by atoms with van der Waals surface area (Å²) in [5, 5.41) is 3.70. The van der Waals surface area contributed by atoms with Crippen LogP contribution >= 0.6 is 0 Å². The first-order valence-electron chi connectivity index (χ1n) is 9.07. The SMILES string of the molecule is CCC1(CC)CCN(CC2(CNC(C)C)CCOCC2)C1. The third kappa shape index (κ3) is 4.43. The largest absolute Gasteiger partial charge is 0.381 e. The van der Waals surface area contributed by atoms with E-state index in [4.69, 9.17) is 4.74 Å². The van der Waals surface area contributed by atoms with Gasteiger partial charge in [0.15, 0.2) is 0 Å². The van der Waals surface area contributed by atoms with Crippen LogP contribution in [0.4, 0.5) is 0 Å². The number of hydrogen-bond donors (Lipinski definition) is 1. The van der Waals surface area contributed by atoms with Gasteiger partial charge in [-0.05, 0) is 49.5 Å². The van der Waals surface area contributed by atoms with Crippen LogP contribution in [0.5, 0.6) is 0 Å². The van der Waals surface area contributed by atoms with Crippen LogP contribution in [0.25, 0.3) is 0 Å². The van der Waals surface area contributed by atoms with E-state index < -0.39 is 0 Å². The van der Waals surface area contributed by atoms with Crippen LogP contribution in [0.2, 0.25) is 0 Å².